The van der Waals surface area contributed by atoms with E-state index in [1.807, 2.05) is 150 Å². The van der Waals surface area contributed by atoms with Gasteiger partial charge in [0.25, 0.3) is 17.7 Å². The van der Waals surface area contributed by atoms with Crippen LogP contribution in [-0.4, -0.2) is 54.7 Å². The van der Waals surface area contributed by atoms with E-state index in [1.54, 1.807) is 67.7 Å². The number of halogens is 3. The molecule has 10 rings (SSSR count). The normalized spacial score (nSPS) is 11.6. The summed E-state index contributed by atoms with van der Waals surface area (Å²) in [5, 5.41) is 24.7. The maximum Gasteiger partial charge on any atom is 0.265 e. The Morgan fingerprint density at radius 3 is 1.91 bits per heavy atom. The van der Waals surface area contributed by atoms with Crippen molar-refractivity contribution >= 4 is 69.7 Å². The molecule has 0 bridgehead atoms. The zero-order valence-corrected chi connectivity index (χ0v) is 47.8. The molecule has 0 saturated carbocycles. The SMILES string of the molecule is CCC(Oc1ccc(C)cc1C)C(=O)Nc1ccc(-c2[nH]c(Cl)c(-c3ccc(Cl)cc3)c2C#N)cc1.Cc1ccc(OC(C)C(=O)Nc2ccccc2-c2cnc(-n3nc(-c4ccccc4)c(Cl)c3NC(=O)c3ccccc3)[nH]2)c(C)c1. The number of aromatic amines is 2. The van der Waals surface area contributed by atoms with Crippen LogP contribution in [0.2, 0.25) is 15.2 Å². The number of ether oxygens (including phenoxy) is 2. The number of anilines is 3. The number of nitriles is 1. The highest BCUT2D eigenvalue weighted by Gasteiger charge is 2.25. The van der Waals surface area contributed by atoms with E-state index < -0.39 is 12.2 Å². The van der Waals surface area contributed by atoms with Crippen molar-refractivity contribution in [2.75, 3.05) is 16.0 Å². The highest BCUT2D eigenvalue weighted by atomic mass is 35.5. The average molecular weight is 1150 g/mol. The van der Waals surface area contributed by atoms with Crippen LogP contribution in [0, 0.1) is 39.0 Å². The second-order valence-electron chi connectivity index (χ2n) is 19.3. The van der Waals surface area contributed by atoms with Gasteiger partial charge in [0, 0.05) is 33.0 Å². The largest absolute Gasteiger partial charge is 0.481 e. The molecule has 10 aromatic rings. The van der Waals surface area contributed by atoms with E-state index in [0.717, 1.165) is 38.9 Å². The average Bonchev–Trinajstić information content (AvgIpc) is 4.39. The number of nitrogens with one attached hydrogen (secondary N) is 5. The molecule has 82 heavy (non-hydrogen) atoms. The molecule has 3 aromatic heterocycles. The van der Waals surface area contributed by atoms with Gasteiger partial charge in [-0.15, -0.1) is 0 Å². The molecule has 412 valence electrons. The number of carbonyl (C=O) groups excluding carboxylic acids is 3. The fraction of sp³-hybridized carbons (Fsp3) is 0.138. The van der Waals surface area contributed by atoms with Gasteiger partial charge in [0.05, 0.1) is 28.8 Å². The van der Waals surface area contributed by atoms with Crippen molar-refractivity contribution in [2.24, 2.45) is 0 Å². The van der Waals surface area contributed by atoms with Gasteiger partial charge in [-0.05, 0) is 118 Å². The van der Waals surface area contributed by atoms with Crippen molar-refractivity contribution in [3.63, 3.8) is 0 Å². The summed E-state index contributed by atoms with van der Waals surface area (Å²) < 4.78 is 13.4. The number of hydrogen-bond donors (Lipinski definition) is 5. The molecule has 0 aliphatic rings. The summed E-state index contributed by atoms with van der Waals surface area (Å²) in [6.07, 6.45) is 0.791. The first-order chi connectivity index (χ1) is 39.6. The number of H-pyrrole nitrogens is 2. The van der Waals surface area contributed by atoms with Crippen molar-refractivity contribution in [2.45, 2.75) is 60.2 Å². The fourth-order valence-corrected chi connectivity index (χ4v) is 9.74. The third-order valence-corrected chi connectivity index (χ3v) is 14.2. The number of para-hydroxylation sites is 1. The number of rotatable bonds is 16. The Morgan fingerprint density at radius 1 is 0.671 bits per heavy atom. The van der Waals surface area contributed by atoms with E-state index in [0.29, 0.717) is 84.8 Å². The van der Waals surface area contributed by atoms with Crippen LogP contribution in [0.5, 0.6) is 11.5 Å². The maximum atomic E-state index is 13.2. The molecule has 17 heteroatoms. The number of benzene rings is 7. The molecule has 0 saturated heterocycles. The topological polar surface area (TPSA) is 192 Å². The smallest absolute Gasteiger partial charge is 0.265 e. The molecule has 0 spiro atoms. The molecular weight excluding hydrogens is 1090 g/mol. The first-order valence-electron chi connectivity index (χ1n) is 26.2. The Bertz CT molecular complexity index is 3970. The number of aromatic nitrogens is 5. The molecule has 0 radical (unpaired) electrons. The Hall–Kier alpha value is -9.39. The molecule has 2 unspecified atom stereocenters. The first kappa shape index (κ1) is 57.3. The van der Waals surface area contributed by atoms with Gasteiger partial charge >= 0.3 is 0 Å². The van der Waals surface area contributed by atoms with Gasteiger partial charge in [0.2, 0.25) is 5.95 Å². The summed E-state index contributed by atoms with van der Waals surface area (Å²) in [7, 11) is 0. The van der Waals surface area contributed by atoms with Gasteiger partial charge in [0.15, 0.2) is 18.0 Å². The molecule has 0 aliphatic heterocycles. The monoisotopic (exact) mass is 1150 g/mol. The number of nitrogens with zero attached hydrogens (tertiary/aromatic N) is 4. The van der Waals surface area contributed by atoms with Crippen LogP contribution in [0.15, 0.2) is 176 Å². The van der Waals surface area contributed by atoms with Gasteiger partial charge in [-0.2, -0.15) is 15.0 Å². The van der Waals surface area contributed by atoms with Gasteiger partial charge in [-0.1, -0.05) is 168 Å². The zero-order chi connectivity index (χ0) is 58.0. The predicted molar refractivity (Wildman–Crippen MR) is 326 cm³/mol. The first-order valence-corrected chi connectivity index (χ1v) is 27.3. The van der Waals surface area contributed by atoms with Crippen LogP contribution >= 0.6 is 34.8 Å². The van der Waals surface area contributed by atoms with Crippen LogP contribution < -0.4 is 25.4 Å². The molecule has 7 aromatic carbocycles. The Balaban J connectivity index is 0.000000204. The van der Waals surface area contributed by atoms with Gasteiger partial charge in [0.1, 0.15) is 33.4 Å². The zero-order valence-electron chi connectivity index (χ0n) is 45.6. The number of aryl methyl sites for hydroxylation is 4. The summed E-state index contributed by atoms with van der Waals surface area (Å²) in [5.74, 6) is 1.05. The van der Waals surface area contributed by atoms with Gasteiger partial charge < -0.3 is 35.4 Å². The van der Waals surface area contributed by atoms with E-state index in [2.05, 4.69) is 37.0 Å². The summed E-state index contributed by atoms with van der Waals surface area (Å²) >= 11 is 19.3. The van der Waals surface area contributed by atoms with E-state index in [4.69, 9.17) is 49.4 Å². The molecule has 2 atom stereocenters. The molecule has 0 aliphatic carbocycles. The number of amides is 3. The number of hydrogen-bond acceptors (Lipinski definition) is 8. The lowest BCUT2D eigenvalue weighted by Crippen LogP contribution is -2.32. The summed E-state index contributed by atoms with van der Waals surface area (Å²) in [6.45, 7) is 11.6. The molecule has 3 heterocycles. The van der Waals surface area contributed by atoms with Gasteiger partial charge in [-0.3, -0.25) is 14.4 Å². The van der Waals surface area contributed by atoms with Crippen LogP contribution in [0.4, 0.5) is 17.2 Å². The highest BCUT2D eigenvalue weighted by Crippen LogP contribution is 2.39. The quantitative estimate of drug-likeness (QED) is 0.0631. The highest BCUT2D eigenvalue weighted by molar-refractivity contribution is 6.36. The van der Waals surface area contributed by atoms with Crippen LogP contribution in [-0.2, 0) is 9.59 Å². The van der Waals surface area contributed by atoms with Crippen molar-refractivity contribution in [1.29, 1.82) is 5.26 Å². The Morgan fingerprint density at radius 2 is 1.28 bits per heavy atom. The van der Waals surface area contributed by atoms with Gasteiger partial charge in [-0.25, -0.2) is 4.98 Å². The van der Waals surface area contributed by atoms with Crippen molar-refractivity contribution in [3.8, 4) is 68.4 Å². The van der Waals surface area contributed by atoms with Crippen molar-refractivity contribution in [1.82, 2.24) is 24.7 Å². The second-order valence-corrected chi connectivity index (χ2v) is 20.5. The van der Waals surface area contributed by atoms with Crippen LogP contribution in [0.25, 0.3) is 50.8 Å². The number of carbonyl (C=O) groups is 3. The predicted octanol–water partition coefficient (Wildman–Crippen LogP) is 15.8. The van der Waals surface area contributed by atoms with Crippen molar-refractivity contribution in [3.05, 3.63) is 225 Å². The third-order valence-electron chi connectivity index (χ3n) is 13.3. The molecule has 5 N–H and O–H groups in total. The molecular formula is C65H56Cl3N9O5. The lowest BCUT2D eigenvalue weighted by atomic mass is 10.0. The van der Waals surface area contributed by atoms with Crippen molar-refractivity contribution < 1.29 is 23.9 Å². The summed E-state index contributed by atoms with van der Waals surface area (Å²) in [5.41, 5.74) is 11.7. The third kappa shape index (κ3) is 13.3. The van der Waals surface area contributed by atoms with Crippen LogP contribution in [0.3, 0.4) is 0 Å². The molecule has 3 amide bonds. The minimum Gasteiger partial charge on any atom is -0.481 e. The van der Waals surface area contributed by atoms with E-state index in [1.165, 1.54) is 4.68 Å². The molecule has 14 nitrogen and oxygen atoms in total. The summed E-state index contributed by atoms with van der Waals surface area (Å²) in [4.78, 5) is 50.3. The Kier molecular flexibility index (Phi) is 18.0. The Labute approximate surface area is 490 Å². The second kappa shape index (κ2) is 25.8. The minimum absolute atomic E-state index is 0.226. The van der Waals surface area contributed by atoms with Crippen LogP contribution in [0.1, 0.15) is 58.4 Å². The molecule has 0 fully saturated rings. The summed E-state index contributed by atoms with van der Waals surface area (Å²) in [6, 6.07) is 54.0. The fourth-order valence-electron chi connectivity index (χ4n) is 9.04. The van der Waals surface area contributed by atoms with E-state index in [-0.39, 0.29) is 28.6 Å². The maximum absolute atomic E-state index is 13.2. The number of imidazole rings is 1. The lowest BCUT2D eigenvalue weighted by Gasteiger charge is -2.19. The lowest BCUT2D eigenvalue weighted by molar-refractivity contribution is -0.123. The van der Waals surface area contributed by atoms with E-state index in [9.17, 15) is 19.6 Å². The van der Waals surface area contributed by atoms with E-state index >= 15 is 0 Å². The minimum atomic E-state index is -0.745. The standard InChI is InChI=1S/C36H31ClN6O3.C29H25Cl2N3O2/c1-22-18-19-30(23(2)20-22)46-24(3)34(44)39-28-17-11-10-16-27(28)29-21-38-36(40-29)43-33(41-35(45)26-14-8-5-9-15-26)31(37)32(42-43)25-12-6-4-7-13-25;1-4-24(36-25-14-5-17(2)15-18(25)3)29(35)33-22-12-8-20(9-13-22)27-23(16-32)26(28(31)34-27)19-6-10-21(30)11-7-19/h4-21,24H,1-3H3,(H,38,40)(H,39,44)(H,41,45);5-15,24,34H,4H2,1-3H3,(H,33,35).